The SMILES string of the molecule is O=C(O)c1nn(C(=O)OCc2ccccc2)c(=O)cc1O. The second-order valence-corrected chi connectivity index (χ2v) is 3.97. The molecule has 0 spiro atoms. The van der Waals surface area contributed by atoms with Crippen LogP contribution in [0.25, 0.3) is 0 Å². The number of carbonyl (C=O) groups excluding carboxylic acids is 1. The third-order valence-electron chi connectivity index (χ3n) is 2.49. The molecule has 108 valence electrons. The van der Waals surface area contributed by atoms with Gasteiger partial charge in [0, 0.05) is 0 Å². The maximum Gasteiger partial charge on any atom is 0.438 e. The van der Waals surface area contributed by atoms with Crippen molar-refractivity contribution in [3.63, 3.8) is 0 Å². The van der Waals surface area contributed by atoms with E-state index in [4.69, 9.17) is 9.84 Å². The molecule has 0 aliphatic carbocycles. The van der Waals surface area contributed by atoms with Gasteiger partial charge < -0.3 is 14.9 Å². The predicted octanol–water partition coefficient (Wildman–Crippen LogP) is 0.832. The fourth-order valence-electron chi connectivity index (χ4n) is 1.51. The lowest BCUT2D eigenvalue weighted by Gasteiger charge is -2.07. The monoisotopic (exact) mass is 290 g/mol. The zero-order valence-corrected chi connectivity index (χ0v) is 10.6. The number of carbonyl (C=O) groups is 2. The molecule has 0 radical (unpaired) electrons. The van der Waals surface area contributed by atoms with Gasteiger partial charge in [0.2, 0.25) is 5.69 Å². The van der Waals surface area contributed by atoms with E-state index < -0.39 is 29.1 Å². The minimum Gasteiger partial charge on any atom is -0.505 e. The van der Waals surface area contributed by atoms with Gasteiger partial charge in [0.1, 0.15) is 6.61 Å². The second-order valence-electron chi connectivity index (χ2n) is 3.97. The van der Waals surface area contributed by atoms with Gasteiger partial charge in [-0.1, -0.05) is 30.3 Å². The van der Waals surface area contributed by atoms with Crippen molar-refractivity contribution in [1.29, 1.82) is 0 Å². The van der Waals surface area contributed by atoms with Gasteiger partial charge in [0.05, 0.1) is 6.07 Å². The van der Waals surface area contributed by atoms with Crippen molar-refractivity contribution in [3.8, 4) is 5.75 Å². The maximum absolute atomic E-state index is 11.7. The van der Waals surface area contributed by atoms with Crippen molar-refractivity contribution < 1.29 is 24.5 Å². The summed E-state index contributed by atoms with van der Waals surface area (Å²) >= 11 is 0. The van der Waals surface area contributed by atoms with Crippen molar-refractivity contribution in [1.82, 2.24) is 9.78 Å². The van der Waals surface area contributed by atoms with E-state index in [2.05, 4.69) is 5.10 Å². The molecule has 0 saturated heterocycles. The molecule has 1 aromatic carbocycles. The summed E-state index contributed by atoms with van der Waals surface area (Å²) < 4.78 is 5.10. The summed E-state index contributed by atoms with van der Waals surface area (Å²) in [6.45, 7) is -0.100. The number of rotatable bonds is 3. The molecule has 2 rings (SSSR count). The largest absolute Gasteiger partial charge is 0.505 e. The van der Waals surface area contributed by atoms with E-state index in [-0.39, 0.29) is 11.3 Å². The van der Waals surface area contributed by atoms with Gasteiger partial charge in [0.15, 0.2) is 5.75 Å². The molecule has 21 heavy (non-hydrogen) atoms. The molecule has 0 amide bonds. The summed E-state index contributed by atoms with van der Waals surface area (Å²) in [7, 11) is 0. The molecule has 2 aromatic rings. The summed E-state index contributed by atoms with van der Waals surface area (Å²) in [6.07, 6.45) is -1.13. The Balaban J connectivity index is 2.21. The van der Waals surface area contributed by atoms with E-state index in [1.807, 2.05) is 0 Å². The molecule has 0 unspecified atom stereocenters. The number of hydrogen-bond donors (Lipinski definition) is 2. The topological polar surface area (TPSA) is 119 Å². The molecule has 2 N–H and O–H groups in total. The van der Waals surface area contributed by atoms with E-state index in [0.717, 1.165) is 0 Å². The lowest BCUT2D eigenvalue weighted by molar-refractivity contribution is 0.0683. The van der Waals surface area contributed by atoms with Gasteiger partial charge >= 0.3 is 12.1 Å². The fourth-order valence-corrected chi connectivity index (χ4v) is 1.51. The van der Waals surface area contributed by atoms with Crippen LogP contribution in [0, 0.1) is 0 Å². The number of carboxylic acid groups (broad SMARTS) is 1. The molecular weight excluding hydrogens is 280 g/mol. The summed E-state index contributed by atoms with van der Waals surface area (Å²) in [4.78, 5) is 34.0. The number of hydrogen-bond acceptors (Lipinski definition) is 6. The Labute approximate surface area is 117 Å². The van der Waals surface area contributed by atoms with Crippen LogP contribution in [0.3, 0.4) is 0 Å². The normalized spacial score (nSPS) is 10.1. The Morgan fingerprint density at radius 3 is 2.52 bits per heavy atom. The van der Waals surface area contributed by atoms with Crippen LogP contribution in [0.5, 0.6) is 5.75 Å². The first-order valence-corrected chi connectivity index (χ1v) is 5.76. The number of nitrogens with zero attached hydrogens (tertiary/aromatic N) is 2. The van der Waals surface area contributed by atoms with Gasteiger partial charge in [-0.25, -0.2) is 9.59 Å². The molecule has 8 heteroatoms. The number of aromatic hydroxyl groups is 1. The highest BCUT2D eigenvalue weighted by Gasteiger charge is 2.18. The smallest absolute Gasteiger partial charge is 0.438 e. The van der Waals surface area contributed by atoms with Crippen LogP contribution in [0.4, 0.5) is 4.79 Å². The van der Waals surface area contributed by atoms with E-state index in [9.17, 15) is 19.5 Å². The first-order chi connectivity index (χ1) is 9.99. The molecule has 8 nitrogen and oxygen atoms in total. The van der Waals surface area contributed by atoms with E-state index in [0.29, 0.717) is 11.6 Å². The van der Waals surface area contributed by atoms with Crippen LogP contribution in [-0.4, -0.2) is 32.1 Å². The van der Waals surface area contributed by atoms with Crippen LogP contribution in [0.1, 0.15) is 16.1 Å². The summed E-state index contributed by atoms with van der Waals surface area (Å²) in [5.74, 6) is -2.39. The van der Waals surface area contributed by atoms with Gasteiger partial charge in [0.25, 0.3) is 5.56 Å². The Bertz CT molecular complexity index is 738. The number of benzene rings is 1. The number of aromatic carboxylic acids is 1. The molecule has 0 saturated carbocycles. The van der Waals surface area contributed by atoms with Crippen LogP contribution in [-0.2, 0) is 11.3 Å². The molecule has 0 aliphatic rings. The Kier molecular flexibility index (Phi) is 3.98. The summed E-state index contributed by atoms with van der Waals surface area (Å²) in [5, 5.41) is 21.3. The molecule has 0 atom stereocenters. The molecule has 0 aliphatic heterocycles. The predicted molar refractivity (Wildman–Crippen MR) is 69.1 cm³/mol. The van der Waals surface area contributed by atoms with Crippen molar-refractivity contribution in [2.75, 3.05) is 0 Å². The lowest BCUT2D eigenvalue weighted by atomic mass is 10.2. The van der Waals surface area contributed by atoms with Gasteiger partial charge in [-0.15, -0.1) is 9.78 Å². The van der Waals surface area contributed by atoms with E-state index >= 15 is 0 Å². The zero-order valence-electron chi connectivity index (χ0n) is 10.6. The number of carboxylic acids is 1. The third kappa shape index (κ3) is 3.24. The first-order valence-electron chi connectivity index (χ1n) is 5.76. The number of ether oxygens (including phenoxy) is 1. The van der Waals surface area contributed by atoms with Crippen molar-refractivity contribution in [2.24, 2.45) is 0 Å². The quantitative estimate of drug-likeness (QED) is 0.859. The van der Waals surface area contributed by atoms with Crippen molar-refractivity contribution in [3.05, 3.63) is 58.0 Å². The molecule has 0 fully saturated rings. The molecule has 0 bridgehead atoms. The Morgan fingerprint density at radius 1 is 1.24 bits per heavy atom. The molecule has 1 heterocycles. The average Bonchev–Trinajstić information content (AvgIpc) is 2.45. The summed E-state index contributed by atoms with van der Waals surface area (Å²) in [6, 6.07) is 9.29. The third-order valence-corrected chi connectivity index (χ3v) is 2.49. The van der Waals surface area contributed by atoms with E-state index in [1.54, 1.807) is 30.3 Å². The summed E-state index contributed by atoms with van der Waals surface area (Å²) in [5.41, 5.74) is -1.11. The van der Waals surface area contributed by atoms with Crippen molar-refractivity contribution >= 4 is 12.1 Å². The zero-order chi connectivity index (χ0) is 15.4. The van der Waals surface area contributed by atoms with Gasteiger partial charge in [-0.2, -0.15) is 0 Å². The highest BCUT2D eigenvalue weighted by Crippen LogP contribution is 2.10. The van der Waals surface area contributed by atoms with Gasteiger partial charge in [-0.05, 0) is 5.56 Å². The molecule has 1 aromatic heterocycles. The van der Waals surface area contributed by atoms with Crippen LogP contribution >= 0.6 is 0 Å². The highest BCUT2D eigenvalue weighted by atomic mass is 16.6. The maximum atomic E-state index is 11.7. The first kappa shape index (κ1) is 14.3. The second kappa shape index (κ2) is 5.87. The Hall–Kier alpha value is -3.16. The van der Waals surface area contributed by atoms with E-state index in [1.165, 1.54) is 0 Å². The van der Waals surface area contributed by atoms with Crippen molar-refractivity contribution in [2.45, 2.75) is 6.61 Å². The average molecular weight is 290 g/mol. The minimum atomic E-state index is -1.57. The fraction of sp³-hybridized carbons (Fsp3) is 0.0769. The number of aromatic nitrogens is 2. The highest BCUT2D eigenvalue weighted by molar-refractivity contribution is 5.88. The van der Waals surface area contributed by atoms with Crippen LogP contribution < -0.4 is 5.56 Å². The van der Waals surface area contributed by atoms with Crippen LogP contribution in [0.2, 0.25) is 0 Å². The minimum absolute atomic E-state index is 0.100. The molecular formula is C13H10N2O6. The van der Waals surface area contributed by atoms with Crippen LogP contribution in [0.15, 0.2) is 41.2 Å². The standard InChI is InChI=1S/C13H10N2O6/c16-9-6-10(17)15(14-11(9)12(18)19)13(20)21-7-8-4-2-1-3-5-8/h1-6,16H,7H2,(H,18,19). The Morgan fingerprint density at radius 2 is 1.90 bits per heavy atom. The van der Waals surface area contributed by atoms with Gasteiger partial charge in [-0.3, -0.25) is 4.79 Å². The lowest BCUT2D eigenvalue weighted by Crippen LogP contribution is -2.31.